The van der Waals surface area contributed by atoms with Crippen molar-refractivity contribution >= 4 is 132 Å². The van der Waals surface area contributed by atoms with Gasteiger partial charge in [0.1, 0.15) is 5.15 Å². The van der Waals surface area contributed by atoms with Crippen molar-refractivity contribution in [1.29, 1.82) is 0 Å². The lowest BCUT2D eigenvalue weighted by atomic mass is 9.79. The van der Waals surface area contributed by atoms with E-state index in [0.717, 1.165) is 121 Å². The van der Waals surface area contributed by atoms with Crippen molar-refractivity contribution < 1.29 is 23.6 Å². The number of anilines is 5. The lowest BCUT2D eigenvalue weighted by Crippen LogP contribution is -2.41. The Morgan fingerprint density at radius 3 is 1.14 bits per heavy atom. The molecule has 0 radical (unpaired) electrons. The van der Waals surface area contributed by atoms with Gasteiger partial charge in [0, 0.05) is 84.1 Å². The number of ether oxygens (including phenoxy) is 2. The fourth-order valence-corrected chi connectivity index (χ4v) is 11.8. The van der Waals surface area contributed by atoms with Crippen LogP contribution >= 0.6 is 34.8 Å². The van der Waals surface area contributed by atoms with Crippen molar-refractivity contribution in [3.63, 3.8) is 0 Å². The summed E-state index contributed by atoms with van der Waals surface area (Å²) in [6, 6.07) is 31.1. The molecular weight excluding hydrogens is 1360 g/mol. The van der Waals surface area contributed by atoms with E-state index < -0.39 is 0 Å². The maximum Gasteiger partial charge on any atom is 0.494 e. The number of aromatic nitrogens is 16. The Hall–Kier alpha value is -9.77. The molecular formula is C71H82BCl3N22O5. The van der Waals surface area contributed by atoms with Gasteiger partial charge in [0.05, 0.1) is 107 Å². The number of morpholine rings is 2. The molecule has 530 valence electrons. The van der Waals surface area contributed by atoms with E-state index in [0.29, 0.717) is 54.6 Å². The maximum atomic E-state index is 10.5. The summed E-state index contributed by atoms with van der Waals surface area (Å²) in [5.41, 5.74) is 28.8. The fraction of sp³-hybridized carbons (Fsp3) is 0.366. The van der Waals surface area contributed by atoms with Gasteiger partial charge in [-0.2, -0.15) is 45.3 Å². The van der Waals surface area contributed by atoms with Crippen molar-refractivity contribution in [3.8, 4) is 33.8 Å². The first-order chi connectivity index (χ1) is 48.8. The van der Waals surface area contributed by atoms with E-state index in [2.05, 4.69) is 82.8 Å². The lowest BCUT2D eigenvalue weighted by molar-refractivity contribution is 0.00578. The van der Waals surface area contributed by atoms with Gasteiger partial charge in [0.2, 0.25) is 28.5 Å². The predicted molar refractivity (Wildman–Crippen MR) is 403 cm³/mol. The molecule has 3 aliphatic rings. The third-order valence-electron chi connectivity index (χ3n) is 17.4. The molecule has 0 unspecified atom stereocenters. The molecule has 0 spiro atoms. The molecule has 11 heterocycles. The van der Waals surface area contributed by atoms with Crippen LogP contribution in [-0.2, 0) is 23.6 Å². The molecule has 0 atom stereocenters. The topological polar surface area (TPSA) is 325 Å². The van der Waals surface area contributed by atoms with E-state index in [9.17, 15) is 4.79 Å². The molecule has 102 heavy (non-hydrogen) atoms. The number of aliphatic imine (C=N–C) groups is 1. The lowest BCUT2D eigenvalue weighted by Gasteiger charge is -2.32. The van der Waals surface area contributed by atoms with Crippen LogP contribution in [0.3, 0.4) is 0 Å². The average molecular weight is 1440 g/mol. The van der Waals surface area contributed by atoms with Crippen molar-refractivity contribution in [2.24, 2.45) is 4.99 Å². The van der Waals surface area contributed by atoms with E-state index in [1.54, 1.807) is 35.3 Å². The molecule has 15 rings (SSSR count). The number of nitrogens with zero attached hydrogens (tertiary/aromatic N) is 19. The first-order valence-electron chi connectivity index (χ1n) is 33.5. The Labute approximate surface area is 605 Å². The highest BCUT2D eigenvalue weighted by molar-refractivity contribution is 6.62. The van der Waals surface area contributed by atoms with Gasteiger partial charge in [-0.05, 0) is 160 Å². The number of fused-ring (bicyclic) bond motifs is 4. The van der Waals surface area contributed by atoms with Crippen LogP contribution in [0, 0.1) is 0 Å². The van der Waals surface area contributed by atoms with Crippen molar-refractivity contribution in [1.82, 2.24) is 79.0 Å². The van der Waals surface area contributed by atoms with Gasteiger partial charge in [-0.15, -0.1) is 0 Å². The second kappa shape index (κ2) is 31.6. The molecule has 31 heteroatoms. The Bertz CT molecular complexity index is 4900. The van der Waals surface area contributed by atoms with Crippen LogP contribution in [0.1, 0.15) is 107 Å². The number of carbonyl (C=O) groups excluding carboxylic acids is 1. The largest absolute Gasteiger partial charge is 0.494 e. The summed E-state index contributed by atoms with van der Waals surface area (Å²) in [6.07, 6.45) is 8.64. The molecule has 8 aromatic heterocycles. The van der Waals surface area contributed by atoms with Crippen LogP contribution < -0.4 is 32.5 Å². The minimum absolute atomic E-state index is 0.143. The van der Waals surface area contributed by atoms with Gasteiger partial charge in [0.25, 0.3) is 0 Å². The van der Waals surface area contributed by atoms with Gasteiger partial charge in [-0.1, -0.05) is 60.1 Å². The monoisotopic (exact) mass is 1440 g/mol. The Balaban J connectivity index is 0.000000131. The Morgan fingerprint density at radius 1 is 0.441 bits per heavy atom. The Kier molecular flexibility index (Phi) is 22.8. The second-order valence-corrected chi connectivity index (χ2v) is 27.5. The average Bonchev–Trinajstić information content (AvgIpc) is 1.59. The van der Waals surface area contributed by atoms with Gasteiger partial charge in [0.15, 0.2) is 22.6 Å². The van der Waals surface area contributed by atoms with Crippen molar-refractivity contribution in [3.05, 3.63) is 138 Å². The molecule has 3 aliphatic heterocycles. The molecule has 6 N–H and O–H groups in total. The van der Waals surface area contributed by atoms with Gasteiger partial charge in [-0.3, -0.25) is 0 Å². The zero-order chi connectivity index (χ0) is 72.7. The molecule has 0 saturated carbocycles. The van der Waals surface area contributed by atoms with Crippen LogP contribution in [0.15, 0.2) is 127 Å². The maximum absolute atomic E-state index is 10.5. The normalized spacial score (nSPS) is 14.9. The number of nitrogen functional groups attached to an aromatic ring is 3. The number of isocyanates is 1. The van der Waals surface area contributed by atoms with Crippen LogP contribution in [-0.4, -0.2) is 156 Å². The second-order valence-electron chi connectivity index (χ2n) is 26.5. The highest BCUT2D eigenvalue weighted by Crippen LogP contribution is 2.38. The molecule has 12 aromatic rings. The van der Waals surface area contributed by atoms with E-state index in [4.69, 9.17) is 90.7 Å². The van der Waals surface area contributed by atoms with E-state index in [-0.39, 0.29) is 53.1 Å². The number of hydrogen-bond acceptors (Lipinski definition) is 23. The minimum atomic E-state index is -0.300. The van der Waals surface area contributed by atoms with Crippen LogP contribution in [0.4, 0.5) is 34.6 Å². The summed E-state index contributed by atoms with van der Waals surface area (Å²) in [5, 5.41) is 21.7. The molecule has 3 saturated heterocycles. The van der Waals surface area contributed by atoms with Crippen molar-refractivity contribution in [2.75, 3.05) is 79.6 Å². The minimum Gasteiger partial charge on any atom is -0.399 e. The van der Waals surface area contributed by atoms with E-state index in [1.165, 1.54) is 0 Å². The Morgan fingerprint density at radius 2 is 0.765 bits per heavy atom. The summed E-state index contributed by atoms with van der Waals surface area (Å²) in [4.78, 5) is 54.3. The zero-order valence-corrected chi connectivity index (χ0v) is 61.3. The van der Waals surface area contributed by atoms with Gasteiger partial charge in [-0.25, -0.2) is 43.5 Å². The summed E-state index contributed by atoms with van der Waals surface area (Å²) in [6.45, 7) is 30.5. The SMILES string of the molecule is CC(C)n1ncc2c(-c3ccc(N)cc3)nc(Cl)nc21.CC(C)n1ncc2c(-c3ccc(N)cc3)nc(N3CCOCC3)nc21.CC(C)n1ncc2c(-c3ccc(N=C=O)cc3)nc(N3CCOCC3)nc21.CC(C)n1ncc2c(Cl)nc(Cl)nc21.CC1(C)OB(c2ccc(N)cc2)OC1(C)C. The summed E-state index contributed by atoms with van der Waals surface area (Å²) in [5.74, 6) is 1.41. The standard InChI is InChI=1S/C19H20N6O2.C18H22N6O.C14H14ClN5.C12H18BNO2.C8H8Cl2N4/c1-13(2)25-18-16(11-21-25)17(14-3-5-15(6-4-14)20-12-26)22-19(23-18)24-7-9-27-10-8-24;1-12(2)24-17-15(11-20-24)16(13-3-5-14(19)6-4-13)21-18(22-17)23-7-9-25-10-8-23;1-8(2)20-13-11(7-17-20)12(18-14(15)19-13)9-3-5-10(16)6-4-9;1-11(2)12(3,4)16-13(15-11)9-5-7-10(14)8-6-9;1-4(2)14-7-5(3-11-14)6(9)12-8(10)13-7/h3-6,11,13H,7-10H2,1-2H3;3-6,11-12H,7-10,19H2,1-2H3;3-8H,16H2,1-2H3;5-8H,14H2,1-4H3;3-4H,1-2H3. The van der Waals surface area contributed by atoms with Crippen LogP contribution in [0.2, 0.25) is 15.7 Å². The number of nitrogens with two attached hydrogens (primary N) is 3. The van der Waals surface area contributed by atoms with Gasteiger partial charge < -0.3 is 45.8 Å². The summed E-state index contributed by atoms with van der Waals surface area (Å²) >= 11 is 17.7. The highest BCUT2D eigenvalue weighted by atomic mass is 35.5. The summed E-state index contributed by atoms with van der Waals surface area (Å²) in [7, 11) is -0.300. The molecule has 27 nitrogen and oxygen atoms in total. The number of benzene rings is 4. The van der Waals surface area contributed by atoms with E-state index >= 15 is 0 Å². The quantitative estimate of drug-likeness (QED) is 0.0270. The molecule has 0 amide bonds. The highest BCUT2D eigenvalue weighted by Gasteiger charge is 2.51. The van der Waals surface area contributed by atoms with E-state index in [1.807, 2.05) is 167 Å². The zero-order valence-electron chi connectivity index (χ0n) is 59.0. The third-order valence-corrected chi connectivity index (χ3v) is 18.0. The van der Waals surface area contributed by atoms with Crippen LogP contribution in [0.25, 0.3) is 77.9 Å². The number of rotatable bonds is 11. The molecule has 4 aromatic carbocycles. The first kappa shape index (κ1) is 73.5. The number of halogens is 3. The van der Waals surface area contributed by atoms with Gasteiger partial charge >= 0.3 is 7.12 Å². The predicted octanol–water partition coefficient (Wildman–Crippen LogP) is 13.0. The smallest absolute Gasteiger partial charge is 0.399 e. The first-order valence-corrected chi connectivity index (χ1v) is 34.7. The summed E-state index contributed by atoms with van der Waals surface area (Å²) < 4.78 is 30.2. The fourth-order valence-electron chi connectivity index (χ4n) is 11.2. The molecule has 0 bridgehead atoms. The number of hydrogen-bond donors (Lipinski definition) is 3. The van der Waals surface area contributed by atoms with Crippen LogP contribution in [0.5, 0.6) is 0 Å². The molecule has 3 fully saturated rings. The van der Waals surface area contributed by atoms with Crippen molar-refractivity contribution in [2.45, 2.75) is 118 Å². The third kappa shape index (κ3) is 16.6. The molecule has 0 aliphatic carbocycles.